The number of aryl methyl sites for hydroxylation is 2. The van der Waals surface area contributed by atoms with E-state index in [4.69, 9.17) is 9.97 Å². The average molecular weight is 717 g/mol. The minimum absolute atomic E-state index is 0.228. The Bertz CT molecular complexity index is 2070. The van der Waals surface area contributed by atoms with Crippen LogP contribution in [-0.2, 0) is 19.3 Å². The van der Waals surface area contributed by atoms with E-state index in [1.165, 1.54) is 6.42 Å². The summed E-state index contributed by atoms with van der Waals surface area (Å²) in [5.74, 6) is -0.967. The summed E-state index contributed by atoms with van der Waals surface area (Å²) in [5, 5.41) is 33.1. The van der Waals surface area contributed by atoms with E-state index in [1.54, 1.807) is 12.1 Å². The molecule has 0 amide bonds. The maximum Gasteiger partial charge on any atom is 0.335 e. The van der Waals surface area contributed by atoms with E-state index >= 15 is 0 Å². The zero-order valence-electron chi connectivity index (χ0n) is 31.7. The molecule has 8 heteroatoms. The van der Waals surface area contributed by atoms with Crippen LogP contribution >= 0.6 is 0 Å². The molecule has 2 atom stereocenters. The van der Waals surface area contributed by atoms with Crippen LogP contribution in [0.5, 0.6) is 0 Å². The molecule has 6 rings (SSSR count). The molecule has 0 unspecified atom stereocenters. The van der Waals surface area contributed by atoms with Crippen molar-refractivity contribution in [1.29, 1.82) is 0 Å². The molecular weight excluding hydrogens is 661 g/mol. The van der Waals surface area contributed by atoms with Gasteiger partial charge in [-0.05, 0) is 98.2 Å². The van der Waals surface area contributed by atoms with Gasteiger partial charge in [0.1, 0.15) is 12.2 Å². The van der Waals surface area contributed by atoms with Crippen molar-refractivity contribution < 1.29 is 20.1 Å². The third-order valence-corrected chi connectivity index (χ3v) is 10.8. The lowest BCUT2D eigenvalue weighted by Gasteiger charge is -2.13. The Labute approximate surface area is 313 Å². The Morgan fingerprint density at radius 1 is 0.566 bits per heavy atom. The smallest absolute Gasteiger partial charge is 0.335 e. The van der Waals surface area contributed by atoms with Crippen molar-refractivity contribution in [3.63, 3.8) is 0 Å². The highest BCUT2D eigenvalue weighted by Crippen LogP contribution is 2.39. The van der Waals surface area contributed by atoms with Crippen LogP contribution in [0.15, 0.2) is 48.5 Å². The Morgan fingerprint density at radius 2 is 1.02 bits per heavy atom. The maximum absolute atomic E-state index is 11.8. The fraction of sp³-hybridized carbons (Fsp3) is 0.444. The number of hydrogen-bond acceptors (Lipinski definition) is 5. The molecule has 3 aromatic heterocycles. The van der Waals surface area contributed by atoms with Crippen LogP contribution in [0.2, 0.25) is 0 Å². The molecule has 1 aromatic carbocycles. The molecule has 53 heavy (non-hydrogen) atoms. The normalized spacial score (nSPS) is 15.3. The van der Waals surface area contributed by atoms with Crippen LogP contribution < -0.4 is 0 Å². The Kier molecular flexibility index (Phi) is 13.0. The molecule has 2 aliphatic heterocycles. The number of aliphatic hydroxyl groups excluding tert-OH is 2. The Balaban J connectivity index is 1.68. The first-order chi connectivity index (χ1) is 25.8. The number of aromatic nitrogens is 4. The van der Waals surface area contributed by atoms with Gasteiger partial charge in [0.25, 0.3) is 0 Å². The van der Waals surface area contributed by atoms with Crippen LogP contribution in [0, 0.1) is 0 Å². The number of H-pyrrole nitrogens is 2. The van der Waals surface area contributed by atoms with Gasteiger partial charge in [-0.2, -0.15) is 0 Å². The van der Waals surface area contributed by atoms with E-state index in [1.807, 2.05) is 18.2 Å². The zero-order valence-corrected chi connectivity index (χ0v) is 31.7. The minimum Gasteiger partial charge on any atom is -0.478 e. The third kappa shape index (κ3) is 8.66. The number of aromatic amines is 2. The number of aromatic carboxylic acids is 1. The highest BCUT2D eigenvalue weighted by Gasteiger charge is 2.34. The lowest BCUT2D eigenvalue weighted by Crippen LogP contribution is -2.08. The number of nitrogens with one attached hydrogen (secondary N) is 2. The molecule has 2 aliphatic rings. The quantitative estimate of drug-likeness (QED) is 0.0608. The highest BCUT2D eigenvalue weighted by atomic mass is 16.4. The molecule has 8 bridgehead atoms. The summed E-state index contributed by atoms with van der Waals surface area (Å²) in [6.45, 7) is 6.62. The van der Waals surface area contributed by atoms with Gasteiger partial charge in [-0.15, -0.1) is 0 Å². The van der Waals surface area contributed by atoms with Crippen molar-refractivity contribution in [2.75, 3.05) is 0 Å². The zero-order chi connectivity index (χ0) is 37.3. The van der Waals surface area contributed by atoms with Crippen molar-refractivity contribution in [3.05, 3.63) is 93.6 Å². The molecule has 5 heterocycles. The number of benzene rings is 1. The van der Waals surface area contributed by atoms with Crippen LogP contribution in [0.3, 0.4) is 0 Å². The number of carboxylic acids is 1. The number of unbranched alkanes of at least 4 members (excludes halogenated alkanes) is 9. The summed E-state index contributed by atoms with van der Waals surface area (Å²) in [6.07, 6.45) is 17.1. The molecule has 0 spiro atoms. The number of rotatable bonds is 17. The summed E-state index contributed by atoms with van der Waals surface area (Å²) in [7, 11) is 0. The van der Waals surface area contributed by atoms with E-state index in [0.717, 1.165) is 145 Å². The first-order valence-electron chi connectivity index (χ1n) is 20.0. The molecule has 8 nitrogen and oxygen atoms in total. The van der Waals surface area contributed by atoms with Crippen LogP contribution in [0.1, 0.15) is 160 Å². The number of carboxylic acid groups (broad SMARTS) is 1. The number of hydrogen-bond donors (Lipinski definition) is 5. The van der Waals surface area contributed by atoms with Gasteiger partial charge in [-0.1, -0.05) is 90.7 Å². The highest BCUT2D eigenvalue weighted by molar-refractivity contribution is 5.95. The largest absolute Gasteiger partial charge is 0.478 e. The summed E-state index contributed by atoms with van der Waals surface area (Å²) >= 11 is 0. The molecular formula is C45H56N4O4. The predicted octanol–water partition coefficient (Wildman–Crippen LogP) is 11.0. The predicted molar refractivity (Wildman–Crippen MR) is 216 cm³/mol. The molecule has 0 radical (unpaired) electrons. The summed E-state index contributed by atoms with van der Waals surface area (Å²) in [4.78, 5) is 29.6. The van der Waals surface area contributed by atoms with Gasteiger partial charge < -0.3 is 25.3 Å². The minimum atomic E-state index is -1.16. The molecule has 5 N–H and O–H groups in total. The second kappa shape index (κ2) is 18.0. The van der Waals surface area contributed by atoms with E-state index in [0.29, 0.717) is 17.8 Å². The van der Waals surface area contributed by atoms with Gasteiger partial charge in [0.15, 0.2) is 0 Å². The first-order valence-corrected chi connectivity index (χ1v) is 20.0. The number of nitrogens with zero attached hydrogens (tertiary/aromatic N) is 2. The second-order valence-electron chi connectivity index (χ2n) is 14.7. The summed E-state index contributed by atoms with van der Waals surface area (Å²) in [6, 6.07) is 15.3. The van der Waals surface area contributed by atoms with Gasteiger partial charge in [0, 0.05) is 38.8 Å². The number of aliphatic hydroxyl groups is 2. The van der Waals surface area contributed by atoms with Crippen molar-refractivity contribution in [3.8, 4) is 11.1 Å². The van der Waals surface area contributed by atoms with Crippen molar-refractivity contribution in [1.82, 2.24) is 19.9 Å². The molecule has 4 aromatic rings. The average Bonchev–Trinajstić information content (AvgIpc) is 3.99. The fourth-order valence-electron chi connectivity index (χ4n) is 7.80. The molecule has 280 valence electrons. The van der Waals surface area contributed by atoms with Crippen LogP contribution in [0.4, 0.5) is 0 Å². The van der Waals surface area contributed by atoms with E-state index in [2.05, 4.69) is 61.1 Å². The van der Waals surface area contributed by atoms with Crippen LogP contribution in [0.25, 0.3) is 45.3 Å². The van der Waals surface area contributed by atoms with E-state index in [-0.39, 0.29) is 5.56 Å². The lowest BCUT2D eigenvalue weighted by atomic mass is 9.98. The van der Waals surface area contributed by atoms with Gasteiger partial charge in [0.2, 0.25) is 0 Å². The van der Waals surface area contributed by atoms with Gasteiger partial charge in [-0.3, -0.25) is 4.98 Å². The van der Waals surface area contributed by atoms with Crippen molar-refractivity contribution >= 4 is 40.2 Å². The van der Waals surface area contributed by atoms with Crippen LogP contribution in [-0.4, -0.2) is 41.2 Å². The monoisotopic (exact) mass is 716 g/mol. The lowest BCUT2D eigenvalue weighted by molar-refractivity contribution is 0.0244. The summed E-state index contributed by atoms with van der Waals surface area (Å²) < 4.78 is 0. The Morgan fingerprint density at radius 3 is 1.55 bits per heavy atom. The van der Waals surface area contributed by atoms with Gasteiger partial charge in [0.05, 0.1) is 28.3 Å². The molecule has 0 saturated carbocycles. The number of carbonyl (C=O) groups is 1. The molecule has 0 fully saturated rings. The first kappa shape index (κ1) is 38.2. The van der Waals surface area contributed by atoms with Crippen molar-refractivity contribution in [2.24, 2.45) is 0 Å². The standard InChI is InChI=1S/C45H56N4O4/c1-4-7-10-13-16-31-34-23-24-36(46-34)32(17-14-11-8-5-2)41-43(50)44(51)42(49-41)33(18-15-12-9-6-3)37-26-28-39(48-37)40(38-27-25-35(31)47-38)29-19-21-30(22-20-29)45(52)53/h19-28,43-44,47-48,50-51H,4-18H2,1-3H3,(H,52,53)/t43-,44+/m1/s1. The Hall–Kier alpha value is -4.53. The van der Waals surface area contributed by atoms with Gasteiger partial charge in [-0.25, -0.2) is 9.78 Å². The molecule has 0 aliphatic carbocycles. The topological polar surface area (TPSA) is 135 Å². The summed E-state index contributed by atoms with van der Waals surface area (Å²) in [5.41, 5.74) is 11.3. The number of fused-ring (bicyclic) bond motifs is 8. The SMILES string of the molecule is CCCCCCc1c2nc(c(CCCCCC)c3ccc([nH]3)c(-c3ccc(C(=O)O)cc3)c3ccc([nH]3)c(CCCCCC)c3nc1[C@@H](O)[C@H]3O)C=C2. The fourth-order valence-corrected chi connectivity index (χ4v) is 7.80. The maximum atomic E-state index is 11.8. The molecule has 0 saturated heterocycles. The van der Waals surface area contributed by atoms with E-state index in [9.17, 15) is 20.1 Å². The third-order valence-electron chi connectivity index (χ3n) is 10.8. The second-order valence-corrected chi connectivity index (χ2v) is 14.7. The van der Waals surface area contributed by atoms with Gasteiger partial charge >= 0.3 is 5.97 Å². The van der Waals surface area contributed by atoms with E-state index < -0.39 is 18.2 Å². The van der Waals surface area contributed by atoms with Crippen molar-refractivity contribution in [2.45, 2.75) is 129 Å².